The van der Waals surface area contributed by atoms with E-state index >= 15 is 0 Å². The minimum absolute atomic E-state index is 0.0729. The molecule has 0 amide bonds. The average Bonchev–Trinajstić information content (AvgIpc) is 2.10. The first-order chi connectivity index (χ1) is 7.62. The van der Waals surface area contributed by atoms with E-state index in [0.717, 1.165) is 12.8 Å². The van der Waals surface area contributed by atoms with Crippen molar-refractivity contribution in [3.8, 4) is 0 Å². The van der Waals surface area contributed by atoms with Crippen LogP contribution in [0, 0.1) is 5.41 Å². The van der Waals surface area contributed by atoms with Gasteiger partial charge in [-0.2, -0.15) is 0 Å². The molecule has 0 aliphatic heterocycles. The monoisotopic (exact) mass is 241 g/mol. The van der Waals surface area contributed by atoms with E-state index in [1.165, 1.54) is 12.8 Å². The number of carbonyl (C=O) groups is 1. The topological polar surface area (TPSA) is 40.5 Å². The standard InChI is InChI=1S/C14H27NO2/c1-13(2,3)15(10-12(16)17)11-7-6-8-14(4,5)9-11/h11H,6-10H2,1-5H3,(H,16,17). The molecule has 1 N–H and O–H groups in total. The maximum atomic E-state index is 11.0. The predicted octanol–water partition coefficient (Wildman–Crippen LogP) is 3.14. The number of carboxylic acids is 1. The maximum Gasteiger partial charge on any atom is 0.317 e. The summed E-state index contributed by atoms with van der Waals surface area (Å²) in [7, 11) is 0. The molecule has 0 aromatic carbocycles. The van der Waals surface area contributed by atoms with Crippen LogP contribution in [0.15, 0.2) is 0 Å². The van der Waals surface area contributed by atoms with Crippen molar-refractivity contribution in [1.29, 1.82) is 0 Å². The average molecular weight is 241 g/mol. The van der Waals surface area contributed by atoms with Crippen molar-refractivity contribution >= 4 is 5.97 Å². The molecular weight excluding hydrogens is 214 g/mol. The summed E-state index contributed by atoms with van der Waals surface area (Å²) in [5.41, 5.74) is 0.279. The molecule has 17 heavy (non-hydrogen) atoms. The summed E-state index contributed by atoms with van der Waals surface area (Å²) in [4.78, 5) is 13.2. The lowest BCUT2D eigenvalue weighted by atomic mass is 9.74. The van der Waals surface area contributed by atoms with E-state index in [2.05, 4.69) is 39.5 Å². The third-order valence-corrected chi connectivity index (χ3v) is 3.79. The van der Waals surface area contributed by atoms with Gasteiger partial charge in [-0.25, -0.2) is 0 Å². The summed E-state index contributed by atoms with van der Waals surface area (Å²) < 4.78 is 0. The van der Waals surface area contributed by atoms with E-state index in [4.69, 9.17) is 5.11 Å². The van der Waals surface area contributed by atoms with Crippen molar-refractivity contribution in [2.45, 2.75) is 71.9 Å². The van der Waals surface area contributed by atoms with Crippen molar-refractivity contribution in [3.05, 3.63) is 0 Å². The zero-order chi connectivity index (χ0) is 13.3. The minimum atomic E-state index is -0.719. The summed E-state index contributed by atoms with van der Waals surface area (Å²) in [6.07, 6.45) is 4.71. The molecule has 1 unspecified atom stereocenters. The number of nitrogens with zero attached hydrogens (tertiary/aromatic N) is 1. The van der Waals surface area contributed by atoms with E-state index in [9.17, 15) is 4.79 Å². The Morgan fingerprint density at radius 2 is 2.00 bits per heavy atom. The number of hydrogen-bond acceptors (Lipinski definition) is 2. The van der Waals surface area contributed by atoms with E-state index in [1.54, 1.807) is 0 Å². The fraction of sp³-hybridized carbons (Fsp3) is 0.929. The van der Waals surface area contributed by atoms with Crippen LogP contribution in [-0.2, 0) is 4.79 Å². The van der Waals surface area contributed by atoms with Crippen molar-refractivity contribution in [2.75, 3.05) is 6.54 Å². The molecule has 3 heteroatoms. The molecule has 1 fully saturated rings. The highest BCUT2D eigenvalue weighted by molar-refractivity contribution is 5.69. The van der Waals surface area contributed by atoms with E-state index in [1.807, 2.05) is 0 Å². The molecule has 100 valence electrons. The maximum absolute atomic E-state index is 11.0. The Labute approximate surface area is 105 Å². The van der Waals surface area contributed by atoms with Crippen LogP contribution in [-0.4, -0.2) is 34.1 Å². The summed E-state index contributed by atoms with van der Waals surface area (Å²) in [6.45, 7) is 11.1. The quantitative estimate of drug-likeness (QED) is 0.825. The third-order valence-electron chi connectivity index (χ3n) is 3.79. The molecule has 0 saturated heterocycles. The Bertz CT molecular complexity index is 278. The zero-order valence-corrected chi connectivity index (χ0v) is 11.9. The summed E-state index contributed by atoms with van der Waals surface area (Å²) >= 11 is 0. The molecule has 0 radical (unpaired) electrons. The summed E-state index contributed by atoms with van der Waals surface area (Å²) in [6, 6.07) is 0.412. The highest BCUT2D eigenvalue weighted by Crippen LogP contribution is 2.38. The van der Waals surface area contributed by atoms with Crippen LogP contribution in [0.1, 0.15) is 60.3 Å². The van der Waals surface area contributed by atoms with Gasteiger partial charge in [0.15, 0.2) is 0 Å². The Morgan fingerprint density at radius 1 is 1.41 bits per heavy atom. The molecule has 0 aromatic rings. The van der Waals surface area contributed by atoms with Gasteiger partial charge in [-0.1, -0.05) is 20.3 Å². The van der Waals surface area contributed by atoms with Gasteiger partial charge in [-0.15, -0.1) is 0 Å². The van der Waals surface area contributed by atoms with Crippen molar-refractivity contribution in [1.82, 2.24) is 4.90 Å². The van der Waals surface area contributed by atoms with Gasteiger partial charge in [0, 0.05) is 11.6 Å². The first-order valence-corrected chi connectivity index (χ1v) is 6.60. The van der Waals surface area contributed by atoms with Crippen LogP contribution in [0.25, 0.3) is 0 Å². The molecule has 1 saturated carbocycles. The zero-order valence-electron chi connectivity index (χ0n) is 11.9. The van der Waals surface area contributed by atoms with Crippen LogP contribution < -0.4 is 0 Å². The number of carboxylic acid groups (broad SMARTS) is 1. The molecule has 1 aliphatic carbocycles. The highest BCUT2D eigenvalue weighted by Gasteiger charge is 2.36. The third kappa shape index (κ3) is 4.30. The van der Waals surface area contributed by atoms with E-state index in [0.29, 0.717) is 11.5 Å². The Hall–Kier alpha value is -0.570. The van der Waals surface area contributed by atoms with Gasteiger partial charge in [0.2, 0.25) is 0 Å². The fourth-order valence-electron chi connectivity index (χ4n) is 2.98. The smallest absolute Gasteiger partial charge is 0.317 e. The van der Waals surface area contributed by atoms with E-state index < -0.39 is 5.97 Å². The van der Waals surface area contributed by atoms with Crippen molar-refractivity contribution in [2.24, 2.45) is 5.41 Å². The lowest BCUT2D eigenvalue weighted by Crippen LogP contribution is -2.52. The van der Waals surface area contributed by atoms with Crippen LogP contribution in [0.3, 0.4) is 0 Å². The van der Waals surface area contributed by atoms with Gasteiger partial charge in [-0.3, -0.25) is 9.69 Å². The van der Waals surface area contributed by atoms with Gasteiger partial charge in [0.05, 0.1) is 6.54 Å². The second-order valence-electron chi connectivity index (χ2n) is 7.11. The molecule has 0 heterocycles. The normalized spacial score (nSPS) is 24.9. The van der Waals surface area contributed by atoms with Crippen LogP contribution in [0.4, 0.5) is 0 Å². The Kier molecular flexibility index (Phi) is 4.23. The van der Waals surface area contributed by atoms with Crippen LogP contribution in [0.2, 0.25) is 0 Å². The van der Waals surface area contributed by atoms with Gasteiger partial charge in [0.1, 0.15) is 0 Å². The Morgan fingerprint density at radius 3 is 2.41 bits per heavy atom. The van der Waals surface area contributed by atoms with Crippen LogP contribution >= 0.6 is 0 Å². The minimum Gasteiger partial charge on any atom is -0.480 e. The van der Waals surface area contributed by atoms with Gasteiger partial charge in [0.25, 0.3) is 0 Å². The molecule has 0 spiro atoms. The lowest BCUT2D eigenvalue weighted by molar-refractivity contribution is -0.141. The highest BCUT2D eigenvalue weighted by atomic mass is 16.4. The first kappa shape index (κ1) is 14.5. The second kappa shape index (κ2) is 4.97. The number of aliphatic carboxylic acids is 1. The van der Waals surface area contributed by atoms with Gasteiger partial charge >= 0.3 is 5.97 Å². The largest absolute Gasteiger partial charge is 0.480 e. The van der Waals surface area contributed by atoms with Gasteiger partial charge < -0.3 is 5.11 Å². The predicted molar refractivity (Wildman–Crippen MR) is 70.1 cm³/mol. The number of hydrogen-bond donors (Lipinski definition) is 1. The van der Waals surface area contributed by atoms with Crippen LogP contribution in [0.5, 0.6) is 0 Å². The SMILES string of the molecule is CC1(C)CCCC(N(CC(=O)O)C(C)(C)C)C1. The van der Waals surface area contributed by atoms with Crippen molar-refractivity contribution < 1.29 is 9.90 Å². The van der Waals surface area contributed by atoms with Gasteiger partial charge in [-0.05, 0) is 45.4 Å². The molecular formula is C14H27NO2. The van der Waals surface area contributed by atoms with E-state index in [-0.39, 0.29) is 12.1 Å². The molecule has 1 atom stereocenters. The first-order valence-electron chi connectivity index (χ1n) is 6.60. The van der Waals surface area contributed by atoms with Crippen molar-refractivity contribution in [3.63, 3.8) is 0 Å². The summed E-state index contributed by atoms with van der Waals surface area (Å²) in [5.74, 6) is -0.719. The lowest BCUT2D eigenvalue weighted by Gasteiger charge is -2.46. The number of rotatable bonds is 3. The fourth-order valence-corrected chi connectivity index (χ4v) is 2.98. The summed E-state index contributed by atoms with van der Waals surface area (Å²) in [5, 5.41) is 9.07. The second-order valence-corrected chi connectivity index (χ2v) is 7.11. The molecule has 1 rings (SSSR count). The molecule has 0 aromatic heterocycles. The Balaban J connectivity index is 2.79. The molecule has 0 bridgehead atoms. The molecule has 1 aliphatic rings. The molecule has 3 nitrogen and oxygen atoms in total.